The molecule has 0 saturated carbocycles. The van der Waals surface area contributed by atoms with Crippen molar-refractivity contribution in [2.75, 3.05) is 12.4 Å². The van der Waals surface area contributed by atoms with Gasteiger partial charge in [-0.15, -0.1) is 0 Å². The first-order valence-electron chi connectivity index (χ1n) is 5.82. The summed E-state index contributed by atoms with van der Waals surface area (Å²) in [6, 6.07) is 7.01. The van der Waals surface area contributed by atoms with Crippen LogP contribution in [0.25, 0.3) is 0 Å². The maximum Gasteiger partial charge on any atom is 0.339 e. The Bertz CT molecular complexity index is 706. The lowest BCUT2D eigenvalue weighted by Gasteiger charge is -2.08. The zero-order chi connectivity index (χ0) is 15.4. The number of carbonyl (C=O) groups is 2. The summed E-state index contributed by atoms with van der Waals surface area (Å²) in [6.07, 6.45) is 1.24. The Kier molecular flexibility index (Phi) is 4.49. The molecule has 0 unspecified atom stereocenters. The molecule has 0 radical (unpaired) electrons. The fourth-order valence-electron chi connectivity index (χ4n) is 1.62. The number of hydrogen-bond acceptors (Lipinski definition) is 4. The fraction of sp³-hybridized carbons (Fsp3) is 0.0714. The van der Waals surface area contributed by atoms with Crippen LogP contribution in [0.15, 0.2) is 36.5 Å². The summed E-state index contributed by atoms with van der Waals surface area (Å²) in [7, 11) is 1.22. The summed E-state index contributed by atoms with van der Waals surface area (Å²) >= 11 is 5.87. The van der Waals surface area contributed by atoms with E-state index in [0.29, 0.717) is 0 Å². The molecular formula is C14H10ClFN2O3. The summed E-state index contributed by atoms with van der Waals surface area (Å²) in [5, 5.41) is 2.65. The number of nitrogens with one attached hydrogen (secondary N) is 1. The third kappa shape index (κ3) is 3.35. The van der Waals surface area contributed by atoms with E-state index in [-0.39, 0.29) is 21.8 Å². The number of carbonyl (C=O) groups excluding carboxylic acids is 2. The second kappa shape index (κ2) is 6.32. The summed E-state index contributed by atoms with van der Waals surface area (Å²) in [6.45, 7) is 0. The topological polar surface area (TPSA) is 68.3 Å². The van der Waals surface area contributed by atoms with Crippen molar-refractivity contribution in [2.24, 2.45) is 0 Å². The molecule has 5 nitrogen and oxygen atoms in total. The predicted molar refractivity (Wildman–Crippen MR) is 74.9 cm³/mol. The van der Waals surface area contributed by atoms with Gasteiger partial charge in [-0.3, -0.25) is 4.79 Å². The summed E-state index contributed by atoms with van der Waals surface area (Å²) in [5.74, 6) is -2.19. The van der Waals surface area contributed by atoms with Gasteiger partial charge in [-0.05, 0) is 30.3 Å². The van der Waals surface area contributed by atoms with Gasteiger partial charge in [0.2, 0.25) is 5.95 Å². The molecule has 1 aromatic carbocycles. The summed E-state index contributed by atoms with van der Waals surface area (Å²) in [5.41, 5.74) is 0.184. The van der Waals surface area contributed by atoms with Gasteiger partial charge in [-0.1, -0.05) is 11.6 Å². The molecule has 2 rings (SSSR count). The molecule has 1 N–H and O–H groups in total. The molecule has 7 heteroatoms. The number of ether oxygens (including phenoxy) is 1. The first-order chi connectivity index (χ1) is 10.0. The molecule has 0 fully saturated rings. The van der Waals surface area contributed by atoms with Crippen molar-refractivity contribution in [3.05, 3.63) is 58.6 Å². The van der Waals surface area contributed by atoms with E-state index >= 15 is 0 Å². The Labute approximate surface area is 124 Å². The molecule has 0 aliphatic rings. The van der Waals surface area contributed by atoms with Crippen LogP contribution in [0.2, 0.25) is 5.02 Å². The largest absolute Gasteiger partial charge is 0.465 e. The number of amides is 1. The minimum Gasteiger partial charge on any atom is -0.465 e. The average molecular weight is 309 g/mol. The number of hydrogen-bond donors (Lipinski definition) is 1. The fourth-order valence-corrected chi connectivity index (χ4v) is 1.82. The van der Waals surface area contributed by atoms with Crippen LogP contribution < -0.4 is 5.32 Å². The lowest BCUT2D eigenvalue weighted by Crippen LogP contribution is -2.15. The number of nitrogens with zero attached hydrogens (tertiary/aromatic N) is 1. The van der Waals surface area contributed by atoms with Gasteiger partial charge in [0, 0.05) is 11.9 Å². The number of anilines is 1. The van der Waals surface area contributed by atoms with Crippen LogP contribution in [0, 0.1) is 5.95 Å². The maximum absolute atomic E-state index is 13.4. The van der Waals surface area contributed by atoms with E-state index in [1.807, 2.05) is 0 Å². The molecule has 1 heterocycles. The third-order valence-corrected chi connectivity index (χ3v) is 2.96. The van der Waals surface area contributed by atoms with Gasteiger partial charge in [0.25, 0.3) is 5.91 Å². The van der Waals surface area contributed by atoms with Crippen LogP contribution in [0.1, 0.15) is 20.7 Å². The van der Waals surface area contributed by atoms with Crippen LogP contribution in [-0.4, -0.2) is 24.0 Å². The molecule has 21 heavy (non-hydrogen) atoms. The van der Waals surface area contributed by atoms with Crippen LogP contribution in [-0.2, 0) is 4.74 Å². The van der Waals surface area contributed by atoms with Crippen molar-refractivity contribution in [1.82, 2.24) is 4.98 Å². The van der Waals surface area contributed by atoms with Crippen LogP contribution >= 0.6 is 11.6 Å². The molecule has 0 bridgehead atoms. The van der Waals surface area contributed by atoms with Crippen LogP contribution in [0.3, 0.4) is 0 Å². The number of pyridine rings is 1. The van der Waals surface area contributed by atoms with E-state index in [2.05, 4.69) is 15.0 Å². The minimum absolute atomic E-state index is 0.101. The Morgan fingerprint density at radius 3 is 2.71 bits per heavy atom. The number of rotatable bonds is 3. The van der Waals surface area contributed by atoms with E-state index in [9.17, 15) is 14.0 Å². The number of halogens is 2. The van der Waals surface area contributed by atoms with Gasteiger partial charge in [0.15, 0.2) is 0 Å². The monoisotopic (exact) mass is 308 g/mol. The van der Waals surface area contributed by atoms with Gasteiger partial charge < -0.3 is 10.1 Å². The molecule has 1 aromatic heterocycles. The Morgan fingerprint density at radius 1 is 1.29 bits per heavy atom. The SMILES string of the molecule is COC(=O)c1cc(NC(=O)c2cccnc2F)ccc1Cl. The Hall–Kier alpha value is -2.47. The van der Waals surface area contributed by atoms with Crippen molar-refractivity contribution in [2.45, 2.75) is 0 Å². The number of benzene rings is 1. The maximum atomic E-state index is 13.4. The van der Waals surface area contributed by atoms with Crippen molar-refractivity contribution < 1.29 is 18.7 Å². The van der Waals surface area contributed by atoms with E-state index in [1.165, 1.54) is 43.6 Å². The van der Waals surface area contributed by atoms with Crippen molar-refractivity contribution in [1.29, 1.82) is 0 Å². The van der Waals surface area contributed by atoms with Crippen molar-refractivity contribution in [3.8, 4) is 0 Å². The molecule has 108 valence electrons. The van der Waals surface area contributed by atoms with E-state index in [1.54, 1.807) is 0 Å². The molecule has 0 aliphatic carbocycles. The second-order valence-electron chi connectivity index (χ2n) is 3.98. The van der Waals surface area contributed by atoms with Crippen LogP contribution in [0.5, 0.6) is 0 Å². The standard InChI is InChI=1S/C14H10ClFN2O3/c1-21-14(20)10-7-8(4-5-11(10)15)18-13(19)9-3-2-6-17-12(9)16/h2-7H,1H3,(H,18,19). The molecule has 0 aliphatic heterocycles. The second-order valence-corrected chi connectivity index (χ2v) is 4.39. The Balaban J connectivity index is 2.26. The highest BCUT2D eigenvalue weighted by Crippen LogP contribution is 2.22. The summed E-state index contributed by atoms with van der Waals surface area (Å²) < 4.78 is 18.0. The van der Waals surface area contributed by atoms with Gasteiger partial charge in [-0.25, -0.2) is 9.78 Å². The normalized spacial score (nSPS) is 10.0. The van der Waals surface area contributed by atoms with E-state index < -0.39 is 17.8 Å². The third-order valence-electron chi connectivity index (χ3n) is 2.63. The quantitative estimate of drug-likeness (QED) is 0.699. The molecule has 0 atom stereocenters. The lowest BCUT2D eigenvalue weighted by atomic mass is 10.2. The zero-order valence-corrected chi connectivity index (χ0v) is 11.6. The zero-order valence-electron chi connectivity index (χ0n) is 10.9. The highest BCUT2D eigenvalue weighted by molar-refractivity contribution is 6.33. The number of methoxy groups -OCH3 is 1. The number of aromatic nitrogens is 1. The van der Waals surface area contributed by atoms with Crippen molar-refractivity contribution in [3.63, 3.8) is 0 Å². The van der Waals surface area contributed by atoms with Gasteiger partial charge in [0.05, 0.1) is 23.3 Å². The summed E-state index contributed by atoms with van der Waals surface area (Å²) in [4.78, 5) is 26.8. The lowest BCUT2D eigenvalue weighted by molar-refractivity contribution is 0.0600. The first kappa shape index (κ1) is 14.9. The number of esters is 1. The van der Waals surface area contributed by atoms with E-state index in [4.69, 9.17) is 11.6 Å². The molecule has 1 amide bonds. The average Bonchev–Trinajstić information content (AvgIpc) is 2.48. The van der Waals surface area contributed by atoms with E-state index in [0.717, 1.165) is 0 Å². The molecule has 2 aromatic rings. The highest BCUT2D eigenvalue weighted by atomic mass is 35.5. The smallest absolute Gasteiger partial charge is 0.339 e. The molecule has 0 spiro atoms. The van der Waals surface area contributed by atoms with Crippen molar-refractivity contribution >= 4 is 29.2 Å². The molecular weight excluding hydrogens is 299 g/mol. The highest BCUT2D eigenvalue weighted by Gasteiger charge is 2.15. The van der Waals surface area contributed by atoms with Crippen LogP contribution in [0.4, 0.5) is 10.1 Å². The Morgan fingerprint density at radius 2 is 2.05 bits per heavy atom. The van der Waals surface area contributed by atoms with Gasteiger partial charge >= 0.3 is 5.97 Å². The van der Waals surface area contributed by atoms with Gasteiger partial charge in [-0.2, -0.15) is 4.39 Å². The first-order valence-corrected chi connectivity index (χ1v) is 6.20. The predicted octanol–water partition coefficient (Wildman–Crippen LogP) is 2.91. The van der Waals surface area contributed by atoms with Gasteiger partial charge in [0.1, 0.15) is 0 Å². The molecule has 0 saturated heterocycles. The minimum atomic E-state index is -0.878.